The third kappa shape index (κ3) is 3.18. The van der Waals surface area contributed by atoms with Crippen LogP contribution >= 0.6 is 0 Å². The SMILES string of the molecule is C=C(CCC1C(=C)CCC2C(C)(C(=O)O)CCCC12C)C(O)CO. The number of carboxylic acid groups (broad SMARTS) is 1. The van der Waals surface area contributed by atoms with Crippen molar-refractivity contribution >= 4 is 5.97 Å². The summed E-state index contributed by atoms with van der Waals surface area (Å²) in [5.41, 5.74) is 1.13. The minimum absolute atomic E-state index is 0.0643. The molecule has 5 atom stereocenters. The van der Waals surface area contributed by atoms with Gasteiger partial charge in [-0.1, -0.05) is 32.1 Å². The van der Waals surface area contributed by atoms with E-state index in [1.54, 1.807) is 0 Å². The first-order valence-electron chi connectivity index (χ1n) is 9.04. The van der Waals surface area contributed by atoms with Crippen molar-refractivity contribution in [3.8, 4) is 0 Å². The number of fused-ring (bicyclic) bond motifs is 1. The minimum Gasteiger partial charge on any atom is -0.481 e. The van der Waals surface area contributed by atoms with Gasteiger partial charge in [-0.25, -0.2) is 0 Å². The third-order valence-electron chi connectivity index (χ3n) is 6.91. The Morgan fingerprint density at radius 2 is 2.04 bits per heavy atom. The van der Waals surface area contributed by atoms with E-state index in [4.69, 9.17) is 5.11 Å². The van der Waals surface area contributed by atoms with Crippen molar-refractivity contribution in [2.45, 2.75) is 64.9 Å². The Morgan fingerprint density at radius 3 is 2.62 bits per heavy atom. The Kier molecular flexibility index (Phi) is 5.61. The van der Waals surface area contributed by atoms with Crippen LogP contribution in [0.4, 0.5) is 0 Å². The number of carboxylic acids is 1. The molecule has 2 saturated carbocycles. The van der Waals surface area contributed by atoms with Gasteiger partial charge in [0.25, 0.3) is 0 Å². The highest BCUT2D eigenvalue weighted by molar-refractivity contribution is 5.75. The summed E-state index contributed by atoms with van der Waals surface area (Å²) in [5, 5.41) is 28.6. The lowest BCUT2D eigenvalue weighted by Gasteiger charge is -2.57. The van der Waals surface area contributed by atoms with Gasteiger partial charge in [0.05, 0.1) is 18.1 Å². The molecule has 0 heterocycles. The molecule has 0 radical (unpaired) electrons. The zero-order valence-electron chi connectivity index (χ0n) is 15.1. The molecule has 0 aromatic rings. The van der Waals surface area contributed by atoms with Crippen LogP contribution in [0.3, 0.4) is 0 Å². The van der Waals surface area contributed by atoms with Crippen LogP contribution in [0, 0.1) is 22.7 Å². The summed E-state index contributed by atoms with van der Waals surface area (Å²) in [5.74, 6) is -0.273. The van der Waals surface area contributed by atoms with Crippen LogP contribution in [-0.2, 0) is 4.79 Å². The molecule has 136 valence electrons. The molecular weight excluding hydrogens is 304 g/mol. The van der Waals surface area contributed by atoms with E-state index in [0.29, 0.717) is 12.0 Å². The average Bonchev–Trinajstić information content (AvgIpc) is 2.52. The molecule has 0 aliphatic heterocycles. The van der Waals surface area contributed by atoms with Gasteiger partial charge in [0.15, 0.2) is 0 Å². The fraction of sp³-hybridized carbons (Fsp3) is 0.750. The number of aliphatic hydroxyl groups excluding tert-OH is 2. The Labute approximate surface area is 145 Å². The van der Waals surface area contributed by atoms with Crippen LogP contribution in [0.25, 0.3) is 0 Å². The highest BCUT2D eigenvalue weighted by Gasteiger charge is 2.57. The molecule has 0 aromatic heterocycles. The van der Waals surface area contributed by atoms with E-state index in [0.717, 1.165) is 38.5 Å². The van der Waals surface area contributed by atoms with E-state index in [-0.39, 0.29) is 23.9 Å². The molecule has 24 heavy (non-hydrogen) atoms. The van der Waals surface area contributed by atoms with E-state index in [1.165, 1.54) is 5.57 Å². The monoisotopic (exact) mass is 336 g/mol. The quantitative estimate of drug-likeness (QED) is 0.648. The lowest BCUT2D eigenvalue weighted by Crippen LogP contribution is -2.53. The first-order valence-corrected chi connectivity index (χ1v) is 9.04. The third-order valence-corrected chi connectivity index (χ3v) is 6.91. The fourth-order valence-electron chi connectivity index (χ4n) is 5.36. The molecule has 0 spiro atoms. The minimum atomic E-state index is -0.874. The van der Waals surface area contributed by atoms with Crippen LogP contribution in [0.1, 0.15) is 58.8 Å². The number of aliphatic hydroxyl groups is 2. The Morgan fingerprint density at radius 1 is 1.38 bits per heavy atom. The lowest BCUT2D eigenvalue weighted by atomic mass is 9.46. The van der Waals surface area contributed by atoms with Gasteiger partial charge in [0.1, 0.15) is 0 Å². The lowest BCUT2D eigenvalue weighted by molar-refractivity contribution is -0.164. The standard InChI is InChI=1S/C20H32O4/c1-13-7-9-17-19(3,10-5-11-20(17,4)18(23)24)15(13)8-6-14(2)16(22)12-21/h15-17,21-22H,1-2,5-12H2,3-4H3,(H,23,24). The van der Waals surface area contributed by atoms with Crippen molar-refractivity contribution in [2.24, 2.45) is 22.7 Å². The molecule has 5 unspecified atom stereocenters. The number of allylic oxidation sites excluding steroid dienone is 1. The Balaban J connectivity index is 2.22. The van der Waals surface area contributed by atoms with Gasteiger partial charge in [0, 0.05) is 0 Å². The summed E-state index contributed by atoms with van der Waals surface area (Å²) in [6.07, 6.45) is 5.06. The van der Waals surface area contributed by atoms with Crippen molar-refractivity contribution in [3.05, 3.63) is 24.3 Å². The van der Waals surface area contributed by atoms with Crippen molar-refractivity contribution in [2.75, 3.05) is 6.61 Å². The van der Waals surface area contributed by atoms with Crippen molar-refractivity contribution in [1.29, 1.82) is 0 Å². The summed E-state index contributed by atoms with van der Waals surface area (Å²) < 4.78 is 0. The molecular formula is C20H32O4. The van der Waals surface area contributed by atoms with E-state index in [9.17, 15) is 15.0 Å². The molecule has 0 saturated heterocycles. The second kappa shape index (κ2) is 7.01. The zero-order valence-corrected chi connectivity index (χ0v) is 15.1. The van der Waals surface area contributed by atoms with Crippen molar-refractivity contribution < 1.29 is 20.1 Å². The second-order valence-corrected chi connectivity index (χ2v) is 8.28. The first-order chi connectivity index (χ1) is 11.2. The van der Waals surface area contributed by atoms with Crippen molar-refractivity contribution in [1.82, 2.24) is 0 Å². The van der Waals surface area contributed by atoms with E-state index in [1.807, 2.05) is 6.92 Å². The van der Waals surface area contributed by atoms with Crippen LogP contribution in [0.15, 0.2) is 24.3 Å². The predicted molar refractivity (Wildman–Crippen MR) is 94.5 cm³/mol. The summed E-state index contributed by atoms with van der Waals surface area (Å²) in [7, 11) is 0. The average molecular weight is 336 g/mol. The van der Waals surface area contributed by atoms with E-state index in [2.05, 4.69) is 20.1 Å². The Bertz CT molecular complexity index is 526. The largest absolute Gasteiger partial charge is 0.481 e. The number of hydrogen-bond acceptors (Lipinski definition) is 3. The predicted octanol–water partition coefficient (Wildman–Crippen LogP) is 3.54. The molecule has 3 N–H and O–H groups in total. The number of carbonyl (C=O) groups is 1. The van der Waals surface area contributed by atoms with Gasteiger partial charge in [0.2, 0.25) is 0 Å². The maximum absolute atomic E-state index is 12.0. The first kappa shape index (κ1) is 19.2. The molecule has 0 aromatic carbocycles. The van der Waals surface area contributed by atoms with Gasteiger partial charge in [-0.3, -0.25) is 4.79 Å². The van der Waals surface area contributed by atoms with Gasteiger partial charge in [-0.15, -0.1) is 0 Å². The topological polar surface area (TPSA) is 77.8 Å². The molecule has 2 rings (SSSR count). The Hall–Kier alpha value is -1.13. The molecule has 2 aliphatic carbocycles. The highest BCUT2D eigenvalue weighted by atomic mass is 16.4. The molecule has 2 fully saturated rings. The summed E-state index contributed by atoms with van der Waals surface area (Å²) in [6.45, 7) is 12.0. The number of aliphatic carboxylic acids is 1. The highest BCUT2D eigenvalue weighted by Crippen LogP contribution is 2.62. The van der Waals surface area contributed by atoms with Gasteiger partial charge >= 0.3 is 5.97 Å². The van der Waals surface area contributed by atoms with Crippen LogP contribution in [0.2, 0.25) is 0 Å². The van der Waals surface area contributed by atoms with Crippen LogP contribution in [-0.4, -0.2) is 34.0 Å². The van der Waals surface area contributed by atoms with Crippen LogP contribution in [0.5, 0.6) is 0 Å². The van der Waals surface area contributed by atoms with E-state index < -0.39 is 17.5 Å². The molecule has 0 amide bonds. The molecule has 2 aliphatic rings. The maximum Gasteiger partial charge on any atom is 0.309 e. The summed E-state index contributed by atoms with van der Waals surface area (Å²) in [4.78, 5) is 12.0. The molecule has 4 nitrogen and oxygen atoms in total. The van der Waals surface area contributed by atoms with E-state index >= 15 is 0 Å². The summed E-state index contributed by atoms with van der Waals surface area (Å²) in [6, 6.07) is 0. The fourth-order valence-corrected chi connectivity index (χ4v) is 5.36. The molecule has 0 bridgehead atoms. The smallest absolute Gasteiger partial charge is 0.309 e. The second-order valence-electron chi connectivity index (χ2n) is 8.28. The van der Waals surface area contributed by atoms with Crippen LogP contribution < -0.4 is 0 Å². The molecule has 4 heteroatoms. The number of rotatable bonds is 6. The normalized spacial score (nSPS) is 37.6. The summed E-state index contributed by atoms with van der Waals surface area (Å²) >= 11 is 0. The van der Waals surface area contributed by atoms with Gasteiger partial charge in [-0.05, 0) is 68.3 Å². The zero-order chi connectivity index (χ0) is 18.1. The van der Waals surface area contributed by atoms with Gasteiger partial charge < -0.3 is 15.3 Å². The number of hydrogen-bond donors (Lipinski definition) is 3. The maximum atomic E-state index is 12.0. The van der Waals surface area contributed by atoms with Gasteiger partial charge in [-0.2, -0.15) is 0 Å². The van der Waals surface area contributed by atoms with Crippen molar-refractivity contribution in [3.63, 3.8) is 0 Å².